The zero-order chi connectivity index (χ0) is 14.7. The van der Waals surface area contributed by atoms with Crippen LogP contribution in [0, 0.1) is 0 Å². The van der Waals surface area contributed by atoms with Gasteiger partial charge in [0.2, 0.25) is 5.91 Å². The van der Waals surface area contributed by atoms with Crippen LogP contribution in [0.1, 0.15) is 15.9 Å². The summed E-state index contributed by atoms with van der Waals surface area (Å²) < 4.78 is 0.848. The number of amides is 1. The summed E-state index contributed by atoms with van der Waals surface area (Å²) in [5.74, 6) is -0.539. The molecule has 2 aromatic carbocycles. The molecular weight excluding hydrogens is 363 g/mol. The SMILES string of the molecule is NC(=O)c1ccc(NCc2ccc(Cl)c(Br)c2)cc1Cl. The average Bonchev–Trinajstić information content (AvgIpc) is 2.40. The highest BCUT2D eigenvalue weighted by Gasteiger charge is 2.07. The lowest BCUT2D eigenvalue weighted by molar-refractivity contribution is 0.100. The van der Waals surface area contributed by atoms with Gasteiger partial charge in [0.25, 0.3) is 0 Å². The normalized spacial score (nSPS) is 10.3. The van der Waals surface area contributed by atoms with Crippen LogP contribution < -0.4 is 11.1 Å². The monoisotopic (exact) mass is 372 g/mol. The number of primary amides is 1. The molecule has 3 nitrogen and oxygen atoms in total. The van der Waals surface area contributed by atoms with Crippen LogP contribution in [0.2, 0.25) is 10.0 Å². The lowest BCUT2D eigenvalue weighted by Gasteiger charge is -2.09. The van der Waals surface area contributed by atoms with Crippen LogP contribution in [-0.4, -0.2) is 5.91 Å². The van der Waals surface area contributed by atoms with E-state index in [-0.39, 0.29) is 0 Å². The van der Waals surface area contributed by atoms with Crippen LogP contribution in [0.4, 0.5) is 5.69 Å². The lowest BCUT2D eigenvalue weighted by atomic mass is 10.2. The highest BCUT2D eigenvalue weighted by atomic mass is 79.9. The number of hydrogen-bond donors (Lipinski definition) is 2. The van der Waals surface area contributed by atoms with Gasteiger partial charge in [-0.15, -0.1) is 0 Å². The predicted octanol–water partition coefficient (Wildman–Crippen LogP) is 4.47. The molecule has 0 aromatic heterocycles. The number of carbonyl (C=O) groups is 1. The molecule has 0 saturated heterocycles. The first-order valence-corrected chi connectivity index (χ1v) is 7.29. The molecule has 0 radical (unpaired) electrons. The Balaban J connectivity index is 2.09. The van der Waals surface area contributed by atoms with Crippen molar-refractivity contribution in [3.63, 3.8) is 0 Å². The molecule has 2 aromatic rings. The van der Waals surface area contributed by atoms with Gasteiger partial charge in [0.1, 0.15) is 0 Å². The van der Waals surface area contributed by atoms with E-state index >= 15 is 0 Å². The molecule has 0 heterocycles. The van der Waals surface area contributed by atoms with E-state index in [1.165, 1.54) is 0 Å². The van der Waals surface area contributed by atoms with Gasteiger partial charge in [-0.05, 0) is 51.8 Å². The Labute approximate surface area is 135 Å². The molecule has 104 valence electrons. The minimum Gasteiger partial charge on any atom is -0.381 e. The van der Waals surface area contributed by atoms with E-state index in [4.69, 9.17) is 28.9 Å². The van der Waals surface area contributed by atoms with Crippen LogP contribution in [0.3, 0.4) is 0 Å². The number of nitrogens with one attached hydrogen (secondary N) is 1. The number of halogens is 3. The molecule has 2 rings (SSSR count). The Morgan fingerprint density at radius 1 is 1.15 bits per heavy atom. The zero-order valence-electron chi connectivity index (χ0n) is 10.3. The number of hydrogen-bond acceptors (Lipinski definition) is 2. The molecule has 0 unspecified atom stereocenters. The first kappa shape index (κ1) is 15.2. The summed E-state index contributed by atoms with van der Waals surface area (Å²) in [4.78, 5) is 11.1. The number of anilines is 1. The number of rotatable bonds is 4. The van der Waals surface area contributed by atoms with E-state index < -0.39 is 5.91 Å². The van der Waals surface area contributed by atoms with Crippen LogP contribution in [0.15, 0.2) is 40.9 Å². The Bertz CT molecular complexity index is 662. The summed E-state index contributed by atoms with van der Waals surface area (Å²) in [6, 6.07) is 10.7. The Hall–Kier alpha value is -1.23. The van der Waals surface area contributed by atoms with Crippen molar-refractivity contribution >= 4 is 50.7 Å². The van der Waals surface area contributed by atoms with Crippen molar-refractivity contribution in [1.82, 2.24) is 0 Å². The third-order valence-corrected chi connectivity index (χ3v) is 4.24. The highest BCUT2D eigenvalue weighted by Crippen LogP contribution is 2.24. The Morgan fingerprint density at radius 2 is 1.90 bits per heavy atom. The average molecular weight is 374 g/mol. The van der Waals surface area contributed by atoms with Crippen molar-refractivity contribution in [1.29, 1.82) is 0 Å². The maximum atomic E-state index is 11.1. The van der Waals surface area contributed by atoms with E-state index in [2.05, 4.69) is 21.2 Å². The second-order valence-corrected chi connectivity index (χ2v) is 5.83. The maximum absolute atomic E-state index is 11.1. The van der Waals surface area contributed by atoms with Crippen molar-refractivity contribution in [2.24, 2.45) is 5.73 Å². The van der Waals surface area contributed by atoms with Gasteiger partial charge in [0.05, 0.1) is 15.6 Å². The van der Waals surface area contributed by atoms with Gasteiger partial charge in [-0.3, -0.25) is 4.79 Å². The summed E-state index contributed by atoms with van der Waals surface area (Å²) in [5.41, 5.74) is 7.39. The topological polar surface area (TPSA) is 55.1 Å². The molecule has 0 aliphatic heterocycles. The summed E-state index contributed by atoms with van der Waals surface area (Å²) in [7, 11) is 0. The molecule has 6 heteroatoms. The maximum Gasteiger partial charge on any atom is 0.250 e. The van der Waals surface area contributed by atoms with E-state index in [0.717, 1.165) is 15.7 Å². The quantitative estimate of drug-likeness (QED) is 0.830. The molecule has 0 aliphatic rings. The van der Waals surface area contributed by atoms with Gasteiger partial charge in [-0.1, -0.05) is 29.3 Å². The fourth-order valence-corrected chi connectivity index (χ4v) is 2.50. The van der Waals surface area contributed by atoms with Gasteiger partial charge in [-0.25, -0.2) is 0 Å². The second kappa shape index (κ2) is 6.48. The largest absolute Gasteiger partial charge is 0.381 e. The summed E-state index contributed by atoms with van der Waals surface area (Å²) >= 11 is 15.3. The highest BCUT2D eigenvalue weighted by molar-refractivity contribution is 9.10. The smallest absolute Gasteiger partial charge is 0.250 e. The third-order valence-electron chi connectivity index (χ3n) is 2.72. The van der Waals surface area contributed by atoms with Crippen LogP contribution in [0.25, 0.3) is 0 Å². The predicted molar refractivity (Wildman–Crippen MR) is 86.4 cm³/mol. The molecule has 3 N–H and O–H groups in total. The standard InChI is InChI=1S/C14H11BrCl2N2O/c15-11-5-8(1-4-12(11)16)7-19-9-2-3-10(14(18)20)13(17)6-9/h1-6,19H,7H2,(H2,18,20). The van der Waals surface area contributed by atoms with Gasteiger partial charge >= 0.3 is 0 Å². The summed E-state index contributed by atoms with van der Waals surface area (Å²) in [5, 5.41) is 4.22. The molecule has 0 spiro atoms. The van der Waals surface area contributed by atoms with Crippen LogP contribution in [0.5, 0.6) is 0 Å². The third kappa shape index (κ3) is 3.66. The van der Waals surface area contributed by atoms with Crippen molar-refractivity contribution in [3.05, 3.63) is 62.0 Å². The minimum atomic E-state index is -0.539. The van der Waals surface area contributed by atoms with Crippen molar-refractivity contribution < 1.29 is 4.79 Å². The minimum absolute atomic E-state index is 0.312. The Kier molecular flexibility index (Phi) is 4.91. The van der Waals surface area contributed by atoms with Gasteiger partial charge < -0.3 is 11.1 Å². The molecule has 20 heavy (non-hydrogen) atoms. The zero-order valence-corrected chi connectivity index (χ0v) is 13.4. The van der Waals surface area contributed by atoms with Crippen LogP contribution >= 0.6 is 39.1 Å². The van der Waals surface area contributed by atoms with Crippen molar-refractivity contribution in [3.8, 4) is 0 Å². The molecular formula is C14H11BrCl2N2O. The van der Waals surface area contributed by atoms with E-state index in [1.54, 1.807) is 18.2 Å². The number of benzene rings is 2. The molecule has 0 saturated carbocycles. The van der Waals surface area contributed by atoms with E-state index in [1.807, 2.05) is 18.2 Å². The fraction of sp³-hybridized carbons (Fsp3) is 0.0714. The van der Waals surface area contributed by atoms with E-state index in [9.17, 15) is 4.79 Å². The summed E-state index contributed by atoms with van der Waals surface area (Å²) in [6.45, 7) is 0.613. The van der Waals surface area contributed by atoms with Gasteiger partial charge in [0, 0.05) is 16.7 Å². The molecule has 0 aliphatic carbocycles. The first-order chi connectivity index (χ1) is 9.47. The second-order valence-electron chi connectivity index (χ2n) is 4.16. The number of nitrogens with two attached hydrogens (primary N) is 1. The molecule has 0 bridgehead atoms. The molecule has 0 fully saturated rings. The fourth-order valence-electron chi connectivity index (χ4n) is 1.68. The van der Waals surface area contributed by atoms with E-state index in [0.29, 0.717) is 22.2 Å². The van der Waals surface area contributed by atoms with Gasteiger partial charge in [-0.2, -0.15) is 0 Å². The number of carbonyl (C=O) groups excluding carboxylic acids is 1. The van der Waals surface area contributed by atoms with Crippen LogP contribution in [-0.2, 0) is 6.54 Å². The molecule has 0 atom stereocenters. The van der Waals surface area contributed by atoms with Gasteiger partial charge in [0.15, 0.2) is 0 Å². The van der Waals surface area contributed by atoms with Crippen molar-refractivity contribution in [2.45, 2.75) is 6.54 Å². The lowest BCUT2D eigenvalue weighted by Crippen LogP contribution is -2.11. The Morgan fingerprint density at radius 3 is 2.50 bits per heavy atom. The summed E-state index contributed by atoms with van der Waals surface area (Å²) in [6.07, 6.45) is 0. The molecule has 1 amide bonds. The van der Waals surface area contributed by atoms with Crippen molar-refractivity contribution in [2.75, 3.05) is 5.32 Å². The first-order valence-electron chi connectivity index (χ1n) is 5.74.